The van der Waals surface area contributed by atoms with Crippen LogP contribution in [0.5, 0.6) is 0 Å². The van der Waals surface area contributed by atoms with Gasteiger partial charge in [-0.1, -0.05) is 12.5 Å². The van der Waals surface area contributed by atoms with E-state index in [9.17, 15) is 13.2 Å². The topological polar surface area (TPSA) is 79.6 Å². The molecule has 1 fully saturated rings. The Morgan fingerprint density at radius 2 is 2.20 bits per heavy atom. The van der Waals surface area contributed by atoms with Gasteiger partial charge in [0.05, 0.1) is 0 Å². The van der Waals surface area contributed by atoms with Crippen LogP contribution in [0.2, 0.25) is 0 Å². The minimum Gasteiger partial charge on any atom is -0.444 e. The van der Waals surface area contributed by atoms with Crippen molar-refractivity contribution in [2.45, 2.75) is 35.9 Å². The minimum absolute atomic E-state index is 0.0931. The SMILES string of the molecule is O=C(NCC[C@H]1CCCCN1S(=O)(=O)c1cccs1)c1ccc(Br)o1. The summed E-state index contributed by atoms with van der Waals surface area (Å²) in [6.45, 7) is 0.933. The second-order valence-electron chi connectivity index (χ2n) is 5.85. The number of sulfonamides is 1. The van der Waals surface area contributed by atoms with Gasteiger partial charge in [0.1, 0.15) is 4.21 Å². The van der Waals surface area contributed by atoms with Crippen molar-refractivity contribution in [3.8, 4) is 0 Å². The molecule has 1 N–H and O–H groups in total. The van der Waals surface area contributed by atoms with Gasteiger partial charge in [-0.05, 0) is 58.8 Å². The van der Waals surface area contributed by atoms with Crippen LogP contribution in [0.15, 0.2) is 42.9 Å². The Labute approximate surface area is 159 Å². The van der Waals surface area contributed by atoms with Crippen molar-refractivity contribution in [3.63, 3.8) is 0 Å². The highest BCUT2D eigenvalue weighted by Crippen LogP contribution is 2.29. The Bertz CT molecular complexity index is 817. The normalized spacial score (nSPS) is 19.0. The molecular weight excluding hydrogens is 428 g/mol. The molecule has 1 aliphatic rings. The van der Waals surface area contributed by atoms with Gasteiger partial charge in [-0.25, -0.2) is 8.42 Å². The van der Waals surface area contributed by atoms with Crippen LogP contribution >= 0.6 is 27.3 Å². The minimum atomic E-state index is -3.45. The van der Waals surface area contributed by atoms with Crippen molar-refractivity contribution >= 4 is 43.2 Å². The zero-order valence-electron chi connectivity index (χ0n) is 13.5. The third-order valence-corrected chi connectivity index (χ3v) is 7.94. The average Bonchev–Trinajstić information content (AvgIpc) is 3.27. The summed E-state index contributed by atoms with van der Waals surface area (Å²) in [5.74, 6) is -0.0623. The number of halogens is 1. The van der Waals surface area contributed by atoms with Crippen LogP contribution in [0, 0.1) is 0 Å². The first kappa shape index (κ1) is 18.6. The number of amides is 1. The molecule has 25 heavy (non-hydrogen) atoms. The quantitative estimate of drug-likeness (QED) is 0.736. The third kappa shape index (κ3) is 4.33. The maximum atomic E-state index is 12.8. The van der Waals surface area contributed by atoms with E-state index in [1.807, 2.05) is 0 Å². The smallest absolute Gasteiger partial charge is 0.287 e. The molecule has 0 saturated carbocycles. The highest BCUT2D eigenvalue weighted by molar-refractivity contribution is 9.10. The molecule has 2 aromatic rings. The summed E-state index contributed by atoms with van der Waals surface area (Å²) in [7, 11) is -3.45. The van der Waals surface area contributed by atoms with Gasteiger partial charge in [0, 0.05) is 19.1 Å². The lowest BCUT2D eigenvalue weighted by Gasteiger charge is -2.34. The predicted molar refractivity (Wildman–Crippen MR) is 99.2 cm³/mol. The molecule has 0 unspecified atom stereocenters. The first-order chi connectivity index (χ1) is 12.0. The van der Waals surface area contributed by atoms with Gasteiger partial charge in [0.15, 0.2) is 10.4 Å². The van der Waals surface area contributed by atoms with Crippen molar-refractivity contribution in [2.24, 2.45) is 0 Å². The number of thiophene rings is 1. The van der Waals surface area contributed by atoms with Crippen molar-refractivity contribution in [1.82, 2.24) is 9.62 Å². The van der Waals surface area contributed by atoms with Crippen molar-refractivity contribution < 1.29 is 17.6 Å². The fraction of sp³-hybridized carbons (Fsp3) is 0.438. The number of nitrogens with zero attached hydrogens (tertiary/aromatic N) is 1. The van der Waals surface area contributed by atoms with Crippen LogP contribution in [0.4, 0.5) is 0 Å². The Morgan fingerprint density at radius 1 is 1.36 bits per heavy atom. The molecule has 0 aromatic carbocycles. The second kappa shape index (κ2) is 8.03. The van der Waals surface area contributed by atoms with Crippen LogP contribution in [0.1, 0.15) is 36.2 Å². The summed E-state index contributed by atoms with van der Waals surface area (Å²) in [5, 5.41) is 4.57. The van der Waals surface area contributed by atoms with Crippen LogP contribution in [0.25, 0.3) is 0 Å². The summed E-state index contributed by atoms with van der Waals surface area (Å²) in [4.78, 5) is 12.0. The van der Waals surface area contributed by atoms with Crippen LogP contribution in [0.3, 0.4) is 0 Å². The van der Waals surface area contributed by atoms with Gasteiger partial charge < -0.3 is 9.73 Å². The Kier molecular flexibility index (Phi) is 5.98. The van der Waals surface area contributed by atoms with E-state index in [1.54, 1.807) is 34.0 Å². The van der Waals surface area contributed by atoms with Gasteiger partial charge in [-0.2, -0.15) is 4.31 Å². The van der Waals surface area contributed by atoms with Crippen molar-refractivity contribution in [3.05, 3.63) is 40.1 Å². The molecule has 0 bridgehead atoms. The molecule has 0 spiro atoms. The Hall–Kier alpha value is -1.16. The third-order valence-electron chi connectivity index (χ3n) is 4.19. The molecular formula is C16H19BrN2O4S2. The van der Waals surface area contributed by atoms with E-state index >= 15 is 0 Å². The van der Waals surface area contributed by atoms with Gasteiger partial charge in [-0.3, -0.25) is 4.79 Å². The van der Waals surface area contributed by atoms with E-state index in [1.165, 1.54) is 11.3 Å². The molecule has 2 aromatic heterocycles. The van der Waals surface area contributed by atoms with E-state index in [2.05, 4.69) is 21.2 Å². The standard InChI is InChI=1S/C16H19BrN2O4S2/c17-14-7-6-13(23-14)16(20)18-9-8-12-4-1-2-10-19(12)25(21,22)15-5-3-11-24-15/h3,5-7,11-12H,1-2,4,8-10H2,(H,18,20)/t12-/m1/s1. The predicted octanol–water partition coefficient (Wildman–Crippen LogP) is 3.47. The fourth-order valence-corrected chi connectivity index (χ4v) is 6.13. The van der Waals surface area contributed by atoms with Gasteiger partial charge in [0.25, 0.3) is 15.9 Å². The maximum absolute atomic E-state index is 12.8. The lowest BCUT2D eigenvalue weighted by molar-refractivity contribution is 0.0920. The number of piperidine rings is 1. The van der Waals surface area contributed by atoms with E-state index in [0.717, 1.165) is 19.3 Å². The first-order valence-electron chi connectivity index (χ1n) is 8.07. The summed E-state index contributed by atoms with van der Waals surface area (Å²) >= 11 is 4.40. The van der Waals surface area contributed by atoms with Crippen molar-refractivity contribution in [2.75, 3.05) is 13.1 Å². The summed E-state index contributed by atoms with van der Waals surface area (Å²) in [6, 6.07) is 6.55. The van der Waals surface area contributed by atoms with E-state index in [4.69, 9.17) is 4.42 Å². The Balaban J connectivity index is 1.61. The van der Waals surface area contributed by atoms with Gasteiger partial charge in [-0.15, -0.1) is 11.3 Å². The molecule has 1 saturated heterocycles. The van der Waals surface area contributed by atoms with E-state index in [0.29, 0.717) is 28.4 Å². The number of hydrogen-bond acceptors (Lipinski definition) is 5. The summed E-state index contributed by atoms with van der Waals surface area (Å²) < 4.78 is 33.3. The molecule has 9 heteroatoms. The molecule has 0 aliphatic carbocycles. The number of hydrogen-bond donors (Lipinski definition) is 1. The molecule has 0 radical (unpaired) electrons. The molecule has 3 rings (SSSR count). The van der Waals surface area contributed by atoms with Gasteiger partial charge in [0.2, 0.25) is 0 Å². The van der Waals surface area contributed by atoms with Crippen LogP contribution < -0.4 is 5.32 Å². The molecule has 1 atom stereocenters. The largest absolute Gasteiger partial charge is 0.444 e. The van der Waals surface area contributed by atoms with Crippen molar-refractivity contribution in [1.29, 1.82) is 0 Å². The molecule has 6 nitrogen and oxygen atoms in total. The lowest BCUT2D eigenvalue weighted by Crippen LogP contribution is -2.44. The lowest BCUT2D eigenvalue weighted by atomic mass is 10.0. The Morgan fingerprint density at radius 3 is 2.88 bits per heavy atom. The van der Waals surface area contributed by atoms with Gasteiger partial charge >= 0.3 is 0 Å². The second-order valence-corrected chi connectivity index (χ2v) is 9.69. The zero-order chi connectivity index (χ0) is 17.9. The molecule has 136 valence electrons. The first-order valence-corrected chi connectivity index (χ1v) is 11.2. The monoisotopic (exact) mass is 446 g/mol. The number of furan rings is 1. The molecule has 1 amide bonds. The fourth-order valence-electron chi connectivity index (χ4n) is 2.98. The number of nitrogens with one attached hydrogen (secondary N) is 1. The van der Waals surface area contributed by atoms with Crippen LogP contribution in [-0.2, 0) is 10.0 Å². The highest BCUT2D eigenvalue weighted by atomic mass is 79.9. The van der Waals surface area contributed by atoms with E-state index < -0.39 is 10.0 Å². The number of rotatable bonds is 6. The maximum Gasteiger partial charge on any atom is 0.287 e. The summed E-state index contributed by atoms with van der Waals surface area (Å²) in [6.07, 6.45) is 3.26. The average molecular weight is 447 g/mol. The zero-order valence-corrected chi connectivity index (χ0v) is 16.7. The summed E-state index contributed by atoms with van der Waals surface area (Å²) in [5.41, 5.74) is 0. The molecule has 1 aliphatic heterocycles. The highest BCUT2D eigenvalue weighted by Gasteiger charge is 2.33. The molecule has 3 heterocycles. The van der Waals surface area contributed by atoms with E-state index in [-0.39, 0.29) is 17.7 Å². The number of carbonyl (C=O) groups is 1. The number of carbonyl (C=O) groups excluding carboxylic acids is 1. The van der Waals surface area contributed by atoms with Crippen LogP contribution in [-0.4, -0.2) is 37.8 Å².